The summed E-state index contributed by atoms with van der Waals surface area (Å²) in [5.74, 6) is 1.09. The van der Waals surface area contributed by atoms with Gasteiger partial charge in [0.2, 0.25) is 0 Å². The van der Waals surface area contributed by atoms with E-state index in [2.05, 4.69) is 36.1 Å². The largest absolute Gasteiger partial charge is 0.300 e. The van der Waals surface area contributed by atoms with E-state index >= 15 is 0 Å². The van der Waals surface area contributed by atoms with Crippen LogP contribution in [0, 0.1) is 0 Å². The van der Waals surface area contributed by atoms with Gasteiger partial charge in [-0.2, -0.15) is 0 Å². The van der Waals surface area contributed by atoms with Gasteiger partial charge in [0.05, 0.1) is 0 Å². The summed E-state index contributed by atoms with van der Waals surface area (Å²) >= 11 is 0. The van der Waals surface area contributed by atoms with Crippen molar-refractivity contribution in [1.29, 1.82) is 0 Å². The van der Waals surface area contributed by atoms with Gasteiger partial charge in [-0.05, 0) is 29.9 Å². The first-order chi connectivity index (χ1) is 8.76. The van der Waals surface area contributed by atoms with Gasteiger partial charge < -0.3 is 0 Å². The maximum atomic E-state index is 11.5. The van der Waals surface area contributed by atoms with Gasteiger partial charge in [-0.3, -0.25) is 9.69 Å². The maximum Gasteiger partial charge on any atom is 0.135 e. The third kappa shape index (κ3) is 2.22. The van der Waals surface area contributed by atoms with Crippen molar-refractivity contribution < 1.29 is 4.79 Å². The summed E-state index contributed by atoms with van der Waals surface area (Å²) in [6.45, 7) is 4.31. The average molecular weight is 243 g/mol. The van der Waals surface area contributed by atoms with Gasteiger partial charge in [-0.25, -0.2) is 0 Å². The molecule has 0 radical (unpaired) electrons. The zero-order valence-corrected chi connectivity index (χ0v) is 11.1. The first-order valence-electron chi connectivity index (χ1n) is 7.11. The molecule has 3 rings (SSSR count). The lowest BCUT2D eigenvalue weighted by Crippen LogP contribution is -2.38. The van der Waals surface area contributed by atoms with Crippen LogP contribution in [0.1, 0.15) is 43.2 Å². The van der Waals surface area contributed by atoms with Crippen molar-refractivity contribution in [2.75, 3.05) is 13.1 Å². The van der Waals surface area contributed by atoms with Gasteiger partial charge in [0.15, 0.2) is 0 Å². The van der Waals surface area contributed by atoms with Crippen molar-refractivity contribution in [1.82, 2.24) is 4.90 Å². The molecule has 0 N–H and O–H groups in total. The Balaban J connectivity index is 1.72. The number of fused-ring (bicyclic) bond motifs is 1. The molecule has 0 unspecified atom stereocenters. The standard InChI is InChI=1S/C16H21NO/c1-2-12-3-5-13(6-4-12)14-9-15-10-16(18)7-8-17(15)11-14/h3-6,14-15H,2,7-11H2,1H3/t14-,15+/m1/s1. The highest BCUT2D eigenvalue weighted by Crippen LogP contribution is 2.35. The number of hydrogen-bond acceptors (Lipinski definition) is 2. The van der Waals surface area contributed by atoms with E-state index in [1.54, 1.807) is 0 Å². The van der Waals surface area contributed by atoms with Gasteiger partial charge in [0.1, 0.15) is 5.78 Å². The number of carbonyl (C=O) groups is 1. The summed E-state index contributed by atoms with van der Waals surface area (Å²) in [5.41, 5.74) is 2.86. The molecule has 2 heteroatoms. The zero-order valence-electron chi connectivity index (χ0n) is 11.1. The molecular weight excluding hydrogens is 222 g/mol. The van der Waals surface area contributed by atoms with Crippen molar-refractivity contribution in [2.45, 2.75) is 44.6 Å². The molecule has 2 heterocycles. The smallest absolute Gasteiger partial charge is 0.135 e. The highest BCUT2D eigenvalue weighted by atomic mass is 16.1. The van der Waals surface area contributed by atoms with Crippen LogP contribution in [-0.2, 0) is 11.2 Å². The number of aryl methyl sites for hydroxylation is 1. The summed E-state index contributed by atoms with van der Waals surface area (Å²) in [6.07, 6.45) is 3.81. The Labute approximate surface area is 109 Å². The molecule has 0 amide bonds. The van der Waals surface area contributed by atoms with Crippen molar-refractivity contribution in [3.05, 3.63) is 35.4 Å². The zero-order chi connectivity index (χ0) is 12.5. The second kappa shape index (κ2) is 4.85. The Bertz CT molecular complexity index is 437. The molecule has 0 aliphatic carbocycles. The fourth-order valence-electron chi connectivity index (χ4n) is 3.37. The molecule has 2 saturated heterocycles. The molecule has 2 atom stereocenters. The van der Waals surface area contributed by atoms with Crippen molar-refractivity contribution >= 4 is 5.78 Å². The number of Topliss-reactive ketones (excluding diaryl/α,β-unsaturated/α-hetero) is 1. The molecule has 2 aliphatic heterocycles. The molecule has 2 aliphatic rings. The van der Waals surface area contributed by atoms with Crippen LogP contribution in [0.15, 0.2) is 24.3 Å². The SMILES string of the molecule is CCc1ccc([C@@H]2C[C@H]3CC(=O)CCN3C2)cc1. The predicted molar refractivity (Wildman–Crippen MR) is 72.8 cm³/mol. The molecule has 2 fully saturated rings. The molecule has 0 saturated carbocycles. The minimum atomic E-state index is 0.457. The highest BCUT2D eigenvalue weighted by molar-refractivity contribution is 5.80. The minimum absolute atomic E-state index is 0.457. The van der Waals surface area contributed by atoms with Gasteiger partial charge >= 0.3 is 0 Å². The van der Waals surface area contributed by atoms with E-state index in [1.165, 1.54) is 11.1 Å². The summed E-state index contributed by atoms with van der Waals surface area (Å²) in [7, 11) is 0. The van der Waals surface area contributed by atoms with E-state index in [4.69, 9.17) is 0 Å². The Morgan fingerprint density at radius 3 is 2.78 bits per heavy atom. The molecule has 2 nitrogen and oxygen atoms in total. The lowest BCUT2D eigenvalue weighted by atomic mass is 9.93. The lowest BCUT2D eigenvalue weighted by Gasteiger charge is -2.27. The van der Waals surface area contributed by atoms with Gasteiger partial charge in [-0.15, -0.1) is 0 Å². The van der Waals surface area contributed by atoms with Crippen LogP contribution in [0.25, 0.3) is 0 Å². The van der Waals surface area contributed by atoms with Crippen LogP contribution >= 0.6 is 0 Å². The van der Waals surface area contributed by atoms with E-state index < -0.39 is 0 Å². The normalized spacial score (nSPS) is 28.4. The Kier molecular flexibility index (Phi) is 3.21. The first kappa shape index (κ1) is 11.9. The molecule has 96 valence electrons. The Hall–Kier alpha value is -1.15. The van der Waals surface area contributed by atoms with E-state index in [1.807, 2.05) is 0 Å². The third-order valence-electron chi connectivity index (χ3n) is 4.53. The minimum Gasteiger partial charge on any atom is -0.300 e. The fraction of sp³-hybridized carbons (Fsp3) is 0.562. The monoisotopic (exact) mass is 243 g/mol. The van der Waals surface area contributed by atoms with E-state index in [-0.39, 0.29) is 0 Å². The number of hydrogen-bond donors (Lipinski definition) is 0. The highest BCUT2D eigenvalue weighted by Gasteiger charge is 2.36. The van der Waals surface area contributed by atoms with Crippen LogP contribution in [0.3, 0.4) is 0 Å². The van der Waals surface area contributed by atoms with Crippen molar-refractivity contribution in [2.24, 2.45) is 0 Å². The molecule has 1 aromatic rings. The second-order valence-corrected chi connectivity index (χ2v) is 5.67. The number of rotatable bonds is 2. The third-order valence-corrected chi connectivity index (χ3v) is 4.53. The number of benzene rings is 1. The summed E-state index contributed by atoms with van der Waals surface area (Å²) in [6, 6.07) is 9.57. The lowest BCUT2D eigenvalue weighted by molar-refractivity contribution is -0.122. The van der Waals surface area contributed by atoms with Gasteiger partial charge in [0.25, 0.3) is 0 Å². The Morgan fingerprint density at radius 1 is 1.28 bits per heavy atom. The molecule has 0 bridgehead atoms. The summed E-state index contributed by atoms with van der Waals surface area (Å²) in [4.78, 5) is 14.0. The predicted octanol–water partition coefficient (Wildman–Crippen LogP) is 2.77. The number of carbonyl (C=O) groups excluding carboxylic acids is 1. The van der Waals surface area contributed by atoms with E-state index in [0.29, 0.717) is 17.7 Å². The molecule has 18 heavy (non-hydrogen) atoms. The maximum absolute atomic E-state index is 11.5. The summed E-state index contributed by atoms with van der Waals surface area (Å²) in [5, 5.41) is 0. The van der Waals surface area contributed by atoms with Crippen LogP contribution in [0.5, 0.6) is 0 Å². The van der Waals surface area contributed by atoms with Crippen molar-refractivity contribution in [3.63, 3.8) is 0 Å². The van der Waals surface area contributed by atoms with Gasteiger partial charge in [0, 0.05) is 32.0 Å². The molecule has 0 aromatic heterocycles. The Morgan fingerprint density at radius 2 is 2.06 bits per heavy atom. The number of piperidine rings is 1. The quantitative estimate of drug-likeness (QED) is 0.796. The molecule has 0 spiro atoms. The average Bonchev–Trinajstić information content (AvgIpc) is 2.81. The first-order valence-corrected chi connectivity index (χ1v) is 7.11. The number of nitrogens with zero attached hydrogens (tertiary/aromatic N) is 1. The van der Waals surface area contributed by atoms with E-state index in [9.17, 15) is 4.79 Å². The van der Waals surface area contributed by atoms with Crippen LogP contribution in [0.4, 0.5) is 0 Å². The van der Waals surface area contributed by atoms with Crippen LogP contribution in [-0.4, -0.2) is 29.8 Å². The van der Waals surface area contributed by atoms with Crippen molar-refractivity contribution in [3.8, 4) is 0 Å². The second-order valence-electron chi connectivity index (χ2n) is 5.67. The van der Waals surface area contributed by atoms with Gasteiger partial charge in [-0.1, -0.05) is 31.2 Å². The molecular formula is C16H21NO. The van der Waals surface area contributed by atoms with Crippen LogP contribution in [0.2, 0.25) is 0 Å². The molecule has 1 aromatic carbocycles. The number of ketones is 1. The topological polar surface area (TPSA) is 20.3 Å². The van der Waals surface area contributed by atoms with E-state index in [0.717, 1.165) is 38.8 Å². The fourth-order valence-corrected chi connectivity index (χ4v) is 3.37. The summed E-state index contributed by atoms with van der Waals surface area (Å²) < 4.78 is 0. The van der Waals surface area contributed by atoms with Crippen LogP contribution < -0.4 is 0 Å².